The first-order valence-electron chi connectivity index (χ1n) is 6.70. The van der Waals surface area contributed by atoms with Crippen molar-refractivity contribution in [2.24, 2.45) is 5.73 Å². The molecule has 1 aliphatic rings. The molecule has 0 spiro atoms. The zero-order valence-electron chi connectivity index (χ0n) is 10.8. The molecule has 0 radical (unpaired) electrons. The summed E-state index contributed by atoms with van der Waals surface area (Å²) >= 11 is 0. The smallest absolute Gasteiger partial charge is 0.0334 e. The van der Waals surface area contributed by atoms with Gasteiger partial charge in [-0.2, -0.15) is 0 Å². The molecule has 0 heterocycles. The highest BCUT2D eigenvalue weighted by atomic mass is 15.2. The quantitative estimate of drug-likeness (QED) is 0.670. The summed E-state index contributed by atoms with van der Waals surface area (Å²) in [5, 5.41) is 0. The van der Waals surface area contributed by atoms with Gasteiger partial charge in [-0.1, -0.05) is 33.6 Å². The Morgan fingerprint density at radius 3 is 1.93 bits per heavy atom. The minimum atomic E-state index is 0.305. The lowest BCUT2D eigenvalue weighted by Gasteiger charge is -2.43. The van der Waals surface area contributed by atoms with Crippen molar-refractivity contribution in [3.8, 4) is 0 Å². The van der Waals surface area contributed by atoms with Crippen molar-refractivity contribution < 1.29 is 0 Å². The molecular weight excluding hydrogens is 184 g/mol. The second-order valence-corrected chi connectivity index (χ2v) is 4.95. The maximum Gasteiger partial charge on any atom is 0.0334 e. The number of hydrogen-bond donors (Lipinski definition) is 1. The third kappa shape index (κ3) is 2.94. The van der Waals surface area contributed by atoms with Crippen LogP contribution in [0.1, 0.15) is 59.3 Å². The summed E-state index contributed by atoms with van der Waals surface area (Å²) in [6, 6.07) is 0.844. The maximum atomic E-state index is 6.08. The first kappa shape index (κ1) is 13.0. The maximum absolute atomic E-state index is 6.08. The summed E-state index contributed by atoms with van der Waals surface area (Å²) in [6.07, 6.45) is 7.82. The summed E-state index contributed by atoms with van der Waals surface area (Å²) < 4.78 is 0. The van der Waals surface area contributed by atoms with Crippen LogP contribution in [0.25, 0.3) is 0 Å². The predicted octanol–water partition coefficient (Wildman–Crippen LogP) is 2.77. The van der Waals surface area contributed by atoms with Crippen molar-refractivity contribution in [2.75, 3.05) is 13.1 Å². The van der Waals surface area contributed by atoms with Gasteiger partial charge in [-0.3, -0.25) is 4.90 Å². The molecule has 0 aromatic heterocycles. The van der Waals surface area contributed by atoms with Gasteiger partial charge in [-0.15, -0.1) is 0 Å². The number of nitrogens with two attached hydrogens (primary N) is 1. The van der Waals surface area contributed by atoms with E-state index < -0.39 is 0 Å². The zero-order valence-corrected chi connectivity index (χ0v) is 10.8. The van der Waals surface area contributed by atoms with E-state index in [1.807, 2.05) is 0 Å². The van der Waals surface area contributed by atoms with Gasteiger partial charge in [0.15, 0.2) is 0 Å². The Bertz CT molecular complexity index is 169. The van der Waals surface area contributed by atoms with Gasteiger partial charge in [0.25, 0.3) is 0 Å². The van der Waals surface area contributed by atoms with Crippen LogP contribution >= 0.6 is 0 Å². The molecule has 90 valence electrons. The molecule has 1 rings (SSSR count). The largest absolute Gasteiger partial charge is 0.329 e. The molecule has 0 unspecified atom stereocenters. The molecule has 0 saturated heterocycles. The first-order chi connectivity index (χ1) is 7.24. The Hall–Kier alpha value is -0.0800. The van der Waals surface area contributed by atoms with Crippen molar-refractivity contribution in [2.45, 2.75) is 70.9 Å². The van der Waals surface area contributed by atoms with Gasteiger partial charge in [0, 0.05) is 18.1 Å². The molecule has 1 aliphatic carbocycles. The number of likely N-dealkylation sites (N-methyl/N-ethyl adjacent to an activating group) is 1. The van der Waals surface area contributed by atoms with Crippen LogP contribution in [0.5, 0.6) is 0 Å². The minimum Gasteiger partial charge on any atom is -0.329 e. The van der Waals surface area contributed by atoms with Crippen LogP contribution in [-0.4, -0.2) is 29.6 Å². The summed E-state index contributed by atoms with van der Waals surface area (Å²) in [6.45, 7) is 8.84. The number of nitrogens with zero attached hydrogens (tertiary/aromatic N) is 1. The van der Waals surface area contributed by atoms with Crippen LogP contribution in [-0.2, 0) is 0 Å². The Morgan fingerprint density at radius 2 is 1.67 bits per heavy atom. The van der Waals surface area contributed by atoms with Crippen LogP contribution in [0.4, 0.5) is 0 Å². The van der Waals surface area contributed by atoms with E-state index >= 15 is 0 Å². The van der Waals surface area contributed by atoms with Crippen LogP contribution in [0, 0.1) is 0 Å². The van der Waals surface area contributed by atoms with Crippen molar-refractivity contribution in [3.63, 3.8) is 0 Å². The molecule has 2 heteroatoms. The highest BCUT2D eigenvalue weighted by Crippen LogP contribution is 2.36. The normalized spacial score (nSPS) is 17.4. The predicted molar refractivity (Wildman–Crippen MR) is 67.0 cm³/mol. The SMILES string of the molecule is CCCC(CN)(CCC)N(CC)C1CC1. The molecule has 1 fully saturated rings. The first-order valence-corrected chi connectivity index (χ1v) is 6.70. The van der Waals surface area contributed by atoms with Crippen molar-refractivity contribution in [3.05, 3.63) is 0 Å². The van der Waals surface area contributed by atoms with E-state index in [9.17, 15) is 0 Å². The van der Waals surface area contributed by atoms with Crippen molar-refractivity contribution in [1.82, 2.24) is 4.90 Å². The molecule has 15 heavy (non-hydrogen) atoms. The number of hydrogen-bond acceptors (Lipinski definition) is 2. The molecular formula is C13H28N2. The molecule has 0 aromatic carbocycles. The van der Waals surface area contributed by atoms with E-state index in [1.54, 1.807) is 0 Å². The summed E-state index contributed by atoms with van der Waals surface area (Å²) in [5.74, 6) is 0. The van der Waals surface area contributed by atoms with Gasteiger partial charge in [0.2, 0.25) is 0 Å². The van der Waals surface area contributed by atoms with Gasteiger partial charge >= 0.3 is 0 Å². The van der Waals surface area contributed by atoms with E-state index in [0.717, 1.165) is 12.6 Å². The minimum absolute atomic E-state index is 0.305. The third-order valence-electron chi connectivity index (χ3n) is 3.75. The Morgan fingerprint density at radius 1 is 1.13 bits per heavy atom. The zero-order chi connectivity index (χ0) is 11.3. The summed E-state index contributed by atoms with van der Waals surface area (Å²) in [7, 11) is 0. The highest BCUT2D eigenvalue weighted by Gasteiger charge is 2.41. The van der Waals surface area contributed by atoms with Crippen LogP contribution < -0.4 is 5.73 Å². The van der Waals surface area contributed by atoms with E-state index in [-0.39, 0.29) is 0 Å². The van der Waals surface area contributed by atoms with Crippen LogP contribution in [0.2, 0.25) is 0 Å². The topological polar surface area (TPSA) is 29.3 Å². The summed E-state index contributed by atoms with van der Waals surface area (Å²) in [4.78, 5) is 2.69. The van der Waals surface area contributed by atoms with Gasteiger partial charge < -0.3 is 5.73 Å². The van der Waals surface area contributed by atoms with Gasteiger partial charge in [-0.25, -0.2) is 0 Å². The lowest BCUT2D eigenvalue weighted by molar-refractivity contribution is 0.0715. The fourth-order valence-corrected chi connectivity index (χ4v) is 3.03. The Kier molecular flexibility index (Phi) is 5.07. The van der Waals surface area contributed by atoms with Crippen molar-refractivity contribution in [1.29, 1.82) is 0 Å². The molecule has 1 saturated carbocycles. The Labute approximate surface area is 95.2 Å². The van der Waals surface area contributed by atoms with Gasteiger partial charge in [0.05, 0.1) is 0 Å². The molecule has 0 bridgehead atoms. The number of rotatable bonds is 8. The highest BCUT2D eigenvalue weighted by molar-refractivity contribution is 4.98. The molecule has 0 atom stereocenters. The lowest BCUT2D eigenvalue weighted by atomic mass is 9.86. The second-order valence-electron chi connectivity index (χ2n) is 4.95. The van der Waals surface area contributed by atoms with Crippen LogP contribution in [0.15, 0.2) is 0 Å². The third-order valence-corrected chi connectivity index (χ3v) is 3.75. The van der Waals surface area contributed by atoms with E-state index in [0.29, 0.717) is 5.54 Å². The van der Waals surface area contributed by atoms with E-state index in [1.165, 1.54) is 45.1 Å². The average Bonchev–Trinajstić information content (AvgIpc) is 3.03. The van der Waals surface area contributed by atoms with Gasteiger partial charge in [-0.05, 0) is 32.2 Å². The molecule has 2 N–H and O–H groups in total. The molecule has 0 amide bonds. The van der Waals surface area contributed by atoms with E-state index in [2.05, 4.69) is 25.7 Å². The van der Waals surface area contributed by atoms with Crippen LogP contribution in [0.3, 0.4) is 0 Å². The fourth-order valence-electron chi connectivity index (χ4n) is 3.03. The second kappa shape index (κ2) is 5.86. The van der Waals surface area contributed by atoms with Crippen molar-refractivity contribution >= 4 is 0 Å². The monoisotopic (exact) mass is 212 g/mol. The average molecular weight is 212 g/mol. The lowest BCUT2D eigenvalue weighted by Crippen LogP contribution is -2.54. The summed E-state index contributed by atoms with van der Waals surface area (Å²) in [5.41, 5.74) is 6.39. The molecule has 0 aromatic rings. The fraction of sp³-hybridized carbons (Fsp3) is 1.00. The Balaban J connectivity index is 2.73. The van der Waals surface area contributed by atoms with Gasteiger partial charge in [0.1, 0.15) is 0 Å². The molecule has 0 aliphatic heterocycles. The standard InChI is InChI=1S/C13H28N2/c1-4-9-13(11-14,10-5-2)15(6-3)12-7-8-12/h12H,4-11,14H2,1-3H3. The molecule has 2 nitrogen and oxygen atoms in total. The van der Waals surface area contributed by atoms with E-state index in [4.69, 9.17) is 5.73 Å².